The summed E-state index contributed by atoms with van der Waals surface area (Å²) in [4.78, 5) is 119. The van der Waals surface area contributed by atoms with Gasteiger partial charge in [-0.15, -0.1) is 0 Å². The summed E-state index contributed by atoms with van der Waals surface area (Å²) in [6.45, 7) is 5.95. The Labute approximate surface area is 597 Å². The molecule has 5 aromatic rings. The highest BCUT2D eigenvalue weighted by atomic mass is 35.5. The summed E-state index contributed by atoms with van der Waals surface area (Å²) >= 11 is 14.2. The molecule has 7 amide bonds. The minimum Gasteiger partial charge on any atom is -0.508 e. The predicted octanol–water partition coefficient (Wildman–Crippen LogP) is 0.709. The molecule has 0 radical (unpaired) electrons. The van der Waals surface area contributed by atoms with E-state index in [4.69, 9.17) is 57.4 Å². The molecule has 7 aliphatic rings. The van der Waals surface area contributed by atoms with Gasteiger partial charge in [-0.25, -0.2) is 4.79 Å². The first-order valence-electron chi connectivity index (χ1n) is 32.4. The molecular formula is C68H79Cl2N9O24. The number of benzene rings is 5. The van der Waals surface area contributed by atoms with E-state index in [1.165, 1.54) is 12.1 Å². The summed E-state index contributed by atoms with van der Waals surface area (Å²) in [7, 11) is 4.78. The first kappa shape index (κ1) is 76.4. The van der Waals surface area contributed by atoms with Crippen molar-refractivity contribution in [2.75, 3.05) is 27.7 Å². The van der Waals surface area contributed by atoms with Gasteiger partial charge >= 0.3 is 5.97 Å². The number of nitrogens with two attached hydrogens (primary N) is 1. The number of aliphatic carboxylic acids is 1. The van der Waals surface area contributed by atoms with E-state index in [-0.39, 0.29) is 52.0 Å². The Hall–Kier alpha value is -9.20. The number of nitrogens with zero attached hydrogens (tertiary/aromatic N) is 1. The molecule has 2 fully saturated rings. The van der Waals surface area contributed by atoms with Gasteiger partial charge in [-0.1, -0.05) is 55.2 Å². The molecule has 0 saturated carbocycles. The normalized spacial score (nSPS) is 29.2. The molecule has 11 bridgehead atoms. The van der Waals surface area contributed by atoms with Crippen molar-refractivity contribution >= 4 is 70.5 Å². The van der Waals surface area contributed by atoms with Gasteiger partial charge in [-0.2, -0.15) is 0 Å². The Morgan fingerprint density at radius 3 is 1.90 bits per heavy atom. The van der Waals surface area contributed by atoms with E-state index in [1.54, 1.807) is 39.9 Å². The lowest BCUT2D eigenvalue weighted by atomic mass is 9.85. The van der Waals surface area contributed by atoms with Gasteiger partial charge in [0.15, 0.2) is 29.9 Å². The lowest BCUT2D eigenvalue weighted by Crippen LogP contribution is -2.65. The number of nitrogens with one attached hydrogen (secondary N) is 7. The van der Waals surface area contributed by atoms with E-state index in [9.17, 15) is 75.0 Å². The fraction of sp³-hybridized carbons (Fsp3) is 0.441. The van der Waals surface area contributed by atoms with Crippen molar-refractivity contribution in [3.05, 3.63) is 117 Å². The van der Waals surface area contributed by atoms with Gasteiger partial charge in [0, 0.05) is 34.7 Å². The van der Waals surface area contributed by atoms with Crippen LogP contribution in [0.5, 0.6) is 46.0 Å². The number of carboxylic acid groups (broad SMARTS) is 1. The molecule has 0 spiro atoms. The number of halogens is 2. The number of phenolic OH excluding ortho intramolecular Hbond substituents is 3. The molecule has 5 aromatic carbocycles. The van der Waals surface area contributed by atoms with Crippen LogP contribution in [0, 0.1) is 5.92 Å². The molecule has 18 atom stereocenters. The van der Waals surface area contributed by atoms with Crippen LogP contribution in [-0.2, 0) is 52.6 Å². The van der Waals surface area contributed by atoms with Gasteiger partial charge in [0.05, 0.1) is 41.3 Å². The summed E-state index contributed by atoms with van der Waals surface area (Å²) in [6, 6.07) is -0.471. The number of aromatic hydroxyl groups is 3. The SMILES string of the molecule is CNC1(C)CC(OC2C(Oc3c4cc5cc3Oc3ccc(cc3Cl)[C@@H](O)[C@@H](NC(=O)[C@@H](CC(C)C)N(C)C)C(=O)N[C@@H](CC(N)=O)C(=O)N[C@H]5C(=O)N[C@H]3C(=O)N[C@H](C(=O)N[C@H](C(=O)O)c5cc(O)cc(O)c5-c5cc3ccc5O)[C@H](O)c3ccc(c(Cl)c3)O4)OC(CO)C(O)C2O)OC(C)C1O. The Morgan fingerprint density at radius 2 is 1.32 bits per heavy atom. The number of carbonyl (C=O) groups excluding carboxylic acids is 7. The molecule has 9 unspecified atom stereocenters. The molecular weight excluding hydrogens is 1400 g/mol. The highest BCUT2D eigenvalue weighted by Gasteiger charge is 2.52. The van der Waals surface area contributed by atoms with Crippen molar-refractivity contribution in [3.63, 3.8) is 0 Å². The standard InChI is InChI=1S/C68H79Cl2N9O24/c1-25(2)14-37(79(6)7)61(91)77-51-53(85)28-9-12-40(34(69)16-28)99-42-18-30-19-43(57(42)103-67-58(56(88)55(87)44(24-80)101-67)102-46-23-68(4,72-5)59(89)26(3)98-46)100-41-13-10-29(17-35(41)70)54(86)52-65(95)76-50(66(96)97)33-20-31(81)21-39(83)47(33)32-15-27(8-11-38(32)82)48(62(92)78-52)75-63(93)49(30)74-60(90)36(22-45(71)84)73-64(51)94/h8-13,15-21,25-26,36-37,44,46,48-56,58-59,67,72,80-83,85-89H,14,22-24H2,1-7H3,(H2,71,84)(H,73,94)(H,74,90)(H,75,93)(H,76,95)(H,77,91)(H,78,92)(H,96,97)/t26?,36-,37+,44?,46?,48+,49+,50-,51+,52-,53+,54+,55?,56?,58?,59?,67?,68?/m0/s1. The lowest BCUT2D eigenvalue weighted by molar-refractivity contribution is -0.334. The third-order valence-electron chi connectivity index (χ3n) is 18.6. The van der Waals surface area contributed by atoms with Crippen molar-refractivity contribution < 1.29 is 118 Å². The average Bonchev–Trinajstić information content (AvgIpc) is 0.782. The third-order valence-corrected chi connectivity index (χ3v) is 19.1. The van der Waals surface area contributed by atoms with Crippen LogP contribution in [0.4, 0.5) is 0 Å². The van der Waals surface area contributed by atoms with Crippen LogP contribution in [0.25, 0.3) is 11.1 Å². The summed E-state index contributed by atoms with van der Waals surface area (Å²) in [5, 5.41) is 132. The highest BCUT2D eigenvalue weighted by molar-refractivity contribution is 6.32. The Kier molecular flexibility index (Phi) is 23.0. The number of amides is 7. The maximum absolute atomic E-state index is 16.1. The number of hydrogen-bond acceptors (Lipinski definition) is 25. The van der Waals surface area contributed by atoms with Crippen LogP contribution in [0.1, 0.15) is 105 Å². The molecule has 35 heteroatoms. The number of rotatable bonds is 14. The zero-order chi connectivity index (χ0) is 75.1. The quantitative estimate of drug-likeness (QED) is 0.0728. The average molecular weight is 1480 g/mol. The zero-order valence-corrected chi connectivity index (χ0v) is 57.7. The molecule has 2 saturated heterocycles. The van der Waals surface area contributed by atoms with Crippen LogP contribution in [-0.4, -0.2) is 210 Å². The smallest absolute Gasteiger partial charge is 0.330 e. The molecule has 12 rings (SSSR count). The van der Waals surface area contributed by atoms with Crippen molar-refractivity contribution in [1.29, 1.82) is 0 Å². The van der Waals surface area contributed by atoms with E-state index in [0.29, 0.717) is 0 Å². The highest BCUT2D eigenvalue weighted by Crippen LogP contribution is 2.50. The number of fused-ring (bicyclic) bond motifs is 15. The summed E-state index contributed by atoms with van der Waals surface area (Å²) in [5.41, 5.74) is 1.86. The van der Waals surface area contributed by atoms with E-state index in [1.807, 2.05) is 13.8 Å². The fourth-order valence-corrected chi connectivity index (χ4v) is 13.3. The van der Waals surface area contributed by atoms with Crippen LogP contribution < -0.4 is 57.2 Å². The summed E-state index contributed by atoms with van der Waals surface area (Å²) in [6.07, 6.45) is -18.0. The van der Waals surface area contributed by atoms with Crippen molar-refractivity contribution in [2.45, 2.75) is 156 Å². The Bertz CT molecular complexity index is 4130. The van der Waals surface area contributed by atoms with Gasteiger partial charge in [0.2, 0.25) is 53.4 Å². The minimum atomic E-state index is -2.34. The van der Waals surface area contributed by atoms with Gasteiger partial charge in [-0.3, -0.25) is 38.5 Å². The Morgan fingerprint density at radius 1 is 0.718 bits per heavy atom. The molecule has 0 aromatic heterocycles. The van der Waals surface area contributed by atoms with Gasteiger partial charge < -0.3 is 122 Å². The molecule has 7 heterocycles. The van der Waals surface area contributed by atoms with Crippen LogP contribution in [0.2, 0.25) is 10.0 Å². The maximum Gasteiger partial charge on any atom is 0.330 e. The molecule has 7 aliphatic heterocycles. The predicted molar refractivity (Wildman–Crippen MR) is 359 cm³/mol. The molecule has 554 valence electrons. The molecule has 0 aliphatic carbocycles. The number of phenols is 3. The second-order valence-electron chi connectivity index (χ2n) is 26.5. The number of carbonyl (C=O) groups is 8. The second kappa shape index (κ2) is 31.0. The maximum atomic E-state index is 16.1. The lowest BCUT2D eigenvalue weighted by Gasteiger charge is -2.48. The number of carboxylic acids is 1. The van der Waals surface area contributed by atoms with Gasteiger partial charge in [-0.05, 0) is 124 Å². The number of hydrogen-bond donors (Lipinski definition) is 18. The fourth-order valence-electron chi connectivity index (χ4n) is 12.9. The number of aliphatic hydroxyl groups is 6. The number of likely N-dealkylation sites (N-methyl/N-ethyl adjacent to an activating group) is 2. The zero-order valence-electron chi connectivity index (χ0n) is 56.2. The number of primary amides is 1. The van der Waals surface area contributed by atoms with Gasteiger partial charge in [0.25, 0.3) is 0 Å². The second-order valence-corrected chi connectivity index (χ2v) is 27.3. The summed E-state index contributed by atoms with van der Waals surface area (Å²) in [5.74, 6) is -15.8. The van der Waals surface area contributed by atoms with Crippen molar-refractivity contribution in [3.8, 4) is 57.1 Å². The van der Waals surface area contributed by atoms with Crippen molar-refractivity contribution in [2.24, 2.45) is 11.7 Å². The number of aliphatic hydroxyl groups excluding tert-OH is 6. The van der Waals surface area contributed by atoms with E-state index in [0.717, 1.165) is 66.7 Å². The van der Waals surface area contributed by atoms with Gasteiger partial charge in [0.1, 0.15) is 89.5 Å². The minimum absolute atomic E-state index is 0.0911. The topological polar surface area (TPSA) is 508 Å². The van der Waals surface area contributed by atoms with E-state index < -0.39 is 231 Å². The summed E-state index contributed by atoms with van der Waals surface area (Å²) < 4.78 is 38.7. The molecule has 103 heavy (non-hydrogen) atoms. The molecule has 33 nitrogen and oxygen atoms in total. The van der Waals surface area contributed by atoms with Crippen LogP contribution >= 0.6 is 23.2 Å². The van der Waals surface area contributed by atoms with Crippen LogP contribution in [0.15, 0.2) is 78.9 Å². The van der Waals surface area contributed by atoms with E-state index in [2.05, 4.69) is 37.2 Å². The van der Waals surface area contributed by atoms with Crippen LogP contribution in [0.3, 0.4) is 0 Å². The first-order chi connectivity index (χ1) is 48.6. The monoisotopic (exact) mass is 1480 g/mol. The van der Waals surface area contributed by atoms with Crippen molar-refractivity contribution in [1.82, 2.24) is 42.1 Å². The van der Waals surface area contributed by atoms with E-state index >= 15 is 14.4 Å². The number of ether oxygens (including phenoxy) is 6. The largest absolute Gasteiger partial charge is 0.508 e. The third kappa shape index (κ3) is 16.1. The first-order valence-corrected chi connectivity index (χ1v) is 33.2. The Balaban J connectivity index is 1.24. The molecule has 19 N–H and O–H groups in total.